The summed E-state index contributed by atoms with van der Waals surface area (Å²) in [4.78, 5) is 2.39. The van der Waals surface area contributed by atoms with Crippen LogP contribution in [-0.4, -0.2) is 33.4 Å². The van der Waals surface area contributed by atoms with Crippen molar-refractivity contribution in [3.8, 4) is 22.6 Å². The number of rotatable bonds is 6. The number of hydrogen-bond donors (Lipinski definition) is 0. The van der Waals surface area contributed by atoms with Crippen LogP contribution in [0.4, 0.5) is 5.69 Å². The lowest BCUT2D eigenvalue weighted by molar-refractivity contribution is 0.122. The van der Waals surface area contributed by atoms with Crippen molar-refractivity contribution in [2.75, 3.05) is 38.3 Å². The van der Waals surface area contributed by atoms with Gasteiger partial charge in [-0.25, -0.2) is 0 Å². The molecule has 1 unspecified atom stereocenters. The van der Waals surface area contributed by atoms with Gasteiger partial charge in [-0.1, -0.05) is 92.7 Å². The molecule has 8 rings (SSSR count). The summed E-state index contributed by atoms with van der Waals surface area (Å²) >= 11 is 0. The zero-order valence-electron chi connectivity index (χ0n) is 26.3. The van der Waals surface area contributed by atoms with Gasteiger partial charge < -0.3 is 19.1 Å². The molecule has 0 bridgehead atoms. The van der Waals surface area contributed by atoms with Crippen molar-refractivity contribution in [3.05, 3.63) is 131 Å². The average Bonchev–Trinajstić information content (AvgIpc) is 3.43. The van der Waals surface area contributed by atoms with Gasteiger partial charge in [0, 0.05) is 46.3 Å². The summed E-state index contributed by atoms with van der Waals surface area (Å²) in [5.74, 6) is 1.78. The van der Waals surface area contributed by atoms with Gasteiger partial charge in [0.1, 0.15) is 11.5 Å². The molecule has 226 valence electrons. The van der Waals surface area contributed by atoms with Gasteiger partial charge in [-0.05, 0) is 70.8 Å². The highest BCUT2D eigenvalue weighted by Gasteiger charge is 2.46. The molecule has 0 N–H and O–H groups in total. The molecule has 2 heterocycles. The monoisotopic (exact) mass is 593 g/mol. The molecule has 1 saturated heterocycles. The van der Waals surface area contributed by atoms with Gasteiger partial charge in [0.15, 0.2) is 5.60 Å². The lowest BCUT2D eigenvalue weighted by atomic mass is 9.71. The number of hydrogen-bond acceptors (Lipinski definition) is 4. The summed E-state index contributed by atoms with van der Waals surface area (Å²) in [6.45, 7) is 8.01. The van der Waals surface area contributed by atoms with E-state index in [1.54, 1.807) is 7.11 Å². The third-order valence-electron chi connectivity index (χ3n) is 10.5. The molecule has 1 aliphatic carbocycles. The van der Waals surface area contributed by atoms with E-state index in [1.165, 1.54) is 38.9 Å². The van der Waals surface area contributed by atoms with Crippen molar-refractivity contribution in [2.24, 2.45) is 0 Å². The van der Waals surface area contributed by atoms with Crippen LogP contribution in [0.1, 0.15) is 54.5 Å². The lowest BCUT2D eigenvalue weighted by Gasteiger charge is -2.39. The molecule has 2 aliphatic heterocycles. The standard InChI is InChI=1S/C41H39NO3/c1-4-40(5-2)36-13-9-8-12-34(36)37-32-10-6-7-11-33(32)39-35(38(37)40)22-23-41(45-39,29-16-20-31(43-3)21-17-29)28-14-18-30(19-15-28)42-24-26-44-27-25-42/h6-23H,4-5,24-27H2,1-3H3. The number of nitrogens with zero attached hydrogens (tertiary/aromatic N) is 1. The van der Waals surface area contributed by atoms with E-state index in [0.29, 0.717) is 0 Å². The number of anilines is 1. The largest absolute Gasteiger partial charge is 0.497 e. The van der Waals surface area contributed by atoms with E-state index in [4.69, 9.17) is 14.2 Å². The number of ether oxygens (including phenoxy) is 3. The van der Waals surface area contributed by atoms with Crippen molar-refractivity contribution in [1.82, 2.24) is 0 Å². The maximum atomic E-state index is 7.51. The number of methoxy groups -OCH3 is 1. The minimum atomic E-state index is -0.813. The van der Waals surface area contributed by atoms with Crippen LogP contribution in [-0.2, 0) is 15.8 Å². The predicted octanol–water partition coefficient (Wildman–Crippen LogP) is 9.12. The van der Waals surface area contributed by atoms with E-state index >= 15 is 0 Å². The average molecular weight is 594 g/mol. The Morgan fingerprint density at radius 2 is 1.40 bits per heavy atom. The molecule has 1 atom stereocenters. The normalized spacial score (nSPS) is 19.5. The predicted molar refractivity (Wildman–Crippen MR) is 184 cm³/mol. The van der Waals surface area contributed by atoms with Crippen LogP contribution in [0, 0.1) is 0 Å². The molecule has 1 fully saturated rings. The van der Waals surface area contributed by atoms with Crippen LogP contribution in [0.3, 0.4) is 0 Å². The Morgan fingerprint density at radius 3 is 2.09 bits per heavy atom. The van der Waals surface area contributed by atoms with Gasteiger partial charge >= 0.3 is 0 Å². The van der Waals surface area contributed by atoms with E-state index < -0.39 is 5.60 Å². The summed E-state index contributed by atoms with van der Waals surface area (Å²) in [5.41, 5.74) is 9.25. The second-order valence-electron chi connectivity index (χ2n) is 12.4. The Bertz CT molecular complexity index is 1910. The second-order valence-corrected chi connectivity index (χ2v) is 12.4. The molecular formula is C41H39NO3. The molecule has 0 amide bonds. The van der Waals surface area contributed by atoms with Crippen molar-refractivity contribution < 1.29 is 14.2 Å². The van der Waals surface area contributed by atoms with E-state index in [0.717, 1.165) is 67.2 Å². The first kappa shape index (κ1) is 28.0. The maximum absolute atomic E-state index is 7.51. The first-order chi connectivity index (χ1) is 22.1. The highest BCUT2D eigenvalue weighted by atomic mass is 16.5. The molecule has 0 aromatic heterocycles. The first-order valence-electron chi connectivity index (χ1n) is 16.3. The summed E-state index contributed by atoms with van der Waals surface area (Å²) in [5, 5.41) is 2.40. The molecule has 4 nitrogen and oxygen atoms in total. The van der Waals surface area contributed by atoms with Crippen molar-refractivity contribution >= 4 is 22.5 Å². The van der Waals surface area contributed by atoms with Crippen LogP contribution in [0.15, 0.2) is 103 Å². The minimum absolute atomic E-state index is 0.0757. The SMILES string of the molecule is CCC1(CC)c2ccccc2-c2c1c1c(c3ccccc23)OC(c2ccc(OC)cc2)(c2ccc(N3CCOCC3)cc2)C=C1. The fourth-order valence-corrected chi connectivity index (χ4v) is 8.16. The van der Waals surface area contributed by atoms with Crippen LogP contribution in [0.25, 0.3) is 28.0 Å². The highest BCUT2D eigenvalue weighted by molar-refractivity contribution is 6.08. The van der Waals surface area contributed by atoms with Crippen molar-refractivity contribution in [2.45, 2.75) is 37.7 Å². The molecule has 4 heteroatoms. The molecule has 5 aromatic carbocycles. The Labute approximate surface area is 265 Å². The van der Waals surface area contributed by atoms with E-state index in [-0.39, 0.29) is 5.41 Å². The van der Waals surface area contributed by atoms with E-state index in [9.17, 15) is 0 Å². The van der Waals surface area contributed by atoms with Gasteiger partial charge in [-0.15, -0.1) is 0 Å². The summed E-state index contributed by atoms with van der Waals surface area (Å²) in [6.07, 6.45) is 6.70. The lowest BCUT2D eigenvalue weighted by Crippen LogP contribution is -2.37. The summed E-state index contributed by atoms with van der Waals surface area (Å²) in [7, 11) is 1.71. The number of benzene rings is 5. The fourth-order valence-electron chi connectivity index (χ4n) is 8.16. The molecule has 3 aliphatic rings. The molecule has 5 aromatic rings. The molecule has 0 radical (unpaired) electrons. The third-order valence-corrected chi connectivity index (χ3v) is 10.5. The van der Waals surface area contributed by atoms with Gasteiger partial charge in [-0.2, -0.15) is 0 Å². The number of morpholine rings is 1. The maximum Gasteiger partial charge on any atom is 0.178 e. The number of fused-ring (bicyclic) bond motifs is 8. The van der Waals surface area contributed by atoms with Crippen LogP contribution in [0.2, 0.25) is 0 Å². The molecule has 0 saturated carbocycles. The quantitative estimate of drug-likeness (QED) is 0.196. The highest BCUT2D eigenvalue weighted by Crippen LogP contribution is 2.60. The Morgan fingerprint density at radius 1 is 0.756 bits per heavy atom. The molecular weight excluding hydrogens is 554 g/mol. The Balaban J connectivity index is 1.36. The van der Waals surface area contributed by atoms with Crippen LogP contribution in [0.5, 0.6) is 11.5 Å². The zero-order chi connectivity index (χ0) is 30.6. The van der Waals surface area contributed by atoms with Gasteiger partial charge in [0.05, 0.1) is 20.3 Å². The van der Waals surface area contributed by atoms with Gasteiger partial charge in [0.25, 0.3) is 0 Å². The molecule has 45 heavy (non-hydrogen) atoms. The Hall–Kier alpha value is -4.54. The van der Waals surface area contributed by atoms with Crippen LogP contribution >= 0.6 is 0 Å². The third kappa shape index (κ3) is 4.08. The summed E-state index contributed by atoms with van der Waals surface area (Å²) < 4.78 is 18.7. The second kappa shape index (κ2) is 10.8. The zero-order valence-corrected chi connectivity index (χ0v) is 26.3. The van der Waals surface area contributed by atoms with E-state index in [2.05, 4.69) is 116 Å². The van der Waals surface area contributed by atoms with E-state index in [1.807, 2.05) is 12.1 Å². The first-order valence-corrected chi connectivity index (χ1v) is 16.3. The van der Waals surface area contributed by atoms with Crippen molar-refractivity contribution in [3.63, 3.8) is 0 Å². The topological polar surface area (TPSA) is 30.9 Å². The Kier molecular flexibility index (Phi) is 6.72. The van der Waals surface area contributed by atoms with Gasteiger partial charge in [-0.3, -0.25) is 0 Å². The van der Waals surface area contributed by atoms with Gasteiger partial charge in [0.2, 0.25) is 0 Å². The fraction of sp³-hybridized carbons (Fsp3) is 0.268. The van der Waals surface area contributed by atoms with Crippen molar-refractivity contribution in [1.29, 1.82) is 0 Å². The molecule has 0 spiro atoms. The minimum Gasteiger partial charge on any atom is -0.497 e. The summed E-state index contributed by atoms with van der Waals surface area (Å²) in [6, 6.07) is 35.1. The smallest absolute Gasteiger partial charge is 0.178 e. The van der Waals surface area contributed by atoms with Crippen LogP contribution < -0.4 is 14.4 Å².